The number of thiazole rings is 1. The molecule has 1 atom stereocenters. The van der Waals surface area contributed by atoms with Gasteiger partial charge in [-0.2, -0.15) is 0 Å². The lowest BCUT2D eigenvalue weighted by molar-refractivity contribution is 0.213. The van der Waals surface area contributed by atoms with Crippen LogP contribution in [0.3, 0.4) is 0 Å². The number of rotatable bonds is 6. The van der Waals surface area contributed by atoms with Gasteiger partial charge in [0.1, 0.15) is 16.5 Å². The second-order valence-electron chi connectivity index (χ2n) is 6.76. The molecule has 0 spiro atoms. The predicted molar refractivity (Wildman–Crippen MR) is 107 cm³/mol. The fraction of sp³-hybridized carbons (Fsp3) is 0.579. The average Bonchev–Trinajstić information content (AvgIpc) is 3.35. The Morgan fingerprint density at radius 3 is 2.62 bits per heavy atom. The van der Waals surface area contributed by atoms with Crippen LogP contribution in [-0.4, -0.2) is 42.5 Å². The molecule has 6 nitrogen and oxygen atoms in total. The second kappa shape index (κ2) is 8.68. The van der Waals surface area contributed by atoms with Crippen LogP contribution in [0, 0.1) is 20.8 Å². The molecule has 2 aromatic rings. The minimum atomic E-state index is 0.231. The van der Waals surface area contributed by atoms with Crippen molar-refractivity contribution in [1.82, 2.24) is 20.5 Å². The summed E-state index contributed by atoms with van der Waals surface area (Å²) in [6.45, 7) is 9.85. The van der Waals surface area contributed by atoms with Crippen molar-refractivity contribution >= 4 is 17.3 Å². The highest BCUT2D eigenvalue weighted by atomic mass is 32.1. The molecule has 0 saturated carbocycles. The first kappa shape index (κ1) is 18.9. The number of aromatic nitrogens is 1. The fourth-order valence-electron chi connectivity index (χ4n) is 3.28. The molecule has 0 aromatic carbocycles. The highest BCUT2D eigenvalue weighted by Crippen LogP contribution is 2.26. The second-order valence-corrected chi connectivity index (χ2v) is 8.05. The maximum absolute atomic E-state index is 5.92. The molecule has 0 aliphatic carbocycles. The molecule has 1 aliphatic heterocycles. The monoisotopic (exact) mass is 375 g/mol. The molecule has 0 bridgehead atoms. The molecule has 26 heavy (non-hydrogen) atoms. The summed E-state index contributed by atoms with van der Waals surface area (Å²) in [4.78, 5) is 12.7. The molecular formula is C19H29N5OS. The molecule has 3 heterocycles. The summed E-state index contributed by atoms with van der Waals surface area (Å²) in [6, 6.07) is 4.37. The lowest BCUT2D eigenvalue weighted by atomic mass is 10.2. The van der Waals surface area contributed by atoms with Crippen LogP contribution in [0.2, 0.25) is 0 Å². The number of aryl methyl sites for hydroxylation is 3. The first-order valence-corrected chi connectivity index (χ1v) is 10.1. The average molecular weight is 376 g/mol. The van der Waals surface area contributed by atoms with Gasteiger partial charge in [0.2, 0.25) is 0 Å². The van der Waals surface area contributed by atoms with Gasteiger partial charge in [0, 0.05) is 18.5 Å². The van der Waals surface area contributed by atoms with Crippen LogP contribution in [0.5, 0.6) is 0 Å². The maximum atomic E-state index is 5.92. The summed E-state index contributed by atoms with van der Waals surface area (Å²) in [6.07, 6.45) is 2.51. The Labute approximate surface area is 159 Å². The minimum absolute atomic E-state index is 0.231. The highest BCUT2D eigenvalue weighted by molar-refractivity contribution is 7.11. The van der Waals surface area contributed by atoms with Gasteiger partial charge in [0.05, 0.1) is 18.3 Å². The summed E-state index contributed by atoms with van der Waals surface area (Å²) >= 11 is 1.73. The van der Waals surface area contributed by atoms with Gasteiger partial charge < -0.3 is 15.1 Å². The number of guanidine groups is 1. The molecule has 7 heteroatoms. The van der Waals surface area contributed by atoms with Gasteiger partial charge in [0.25, 0.3) is 0 Å². The van der Waals surface area contributed by atoms with Crippen molar-refractivity contribution in [2.45, 2.75) is 46.2 Å². The van der Waals surface area contributed by atoms with E-state index in [1.807, 2.05) is 19.9 Å². The van der Waals surface area contributed by atoms with Crippen LogP contribution < -0.4 is 10.6 Å². The molecule has 0 amide bonds. The molecule has 1 unspecified atom stereocenters. The van der Waals surface area contributed by atoms with Crippen molar-refractivity contribution in [3.05, 3.63) is 39.2 Å². The van der Waals surface area contributed by atoms with Gasteiger partial charge in [-0.05, 0) is 58.8 Å². The van der Waals surface area contributed by atoms with Crippen LogP contribution >= 0.6 is 11.3 Å². The van der Waals surface area contributed by atoms with E-state index in [4.69, 9.17) is 4.42 Å². The van der Waals surface area contributed by atoms with E-state index >= 15 is 0 Å². The van der Waals surface area contributed by atoms with E-state index < -0.39 is 0 Å². The van der Waals surface area contributed by atoms with Gasteiger partial charge in [-0.1, -0.05) is 0 Å². The normalized spacial score (nSPS) is 16.8. The first-order valence-electron chi connectivity index (χ1n) is 9.24. The number of hydrogen-bond acceptors (Lipinski definition) is 5. The van der Waals surface area contributed by atoms with E-state index in [2.05, 4.69) is 38.5 Å². The molecule has 0 radical (unpaired) electrons. The first-order chi connectivity index (χ1) is 12.6. The smallest absolute Gasteiger partial charge is 0.191 e. The van der Waals surface area contributed by atoms with Crippen molar-refractivity contribution in [1.29, 1.82) is 0 Å². The van der Waals surface area contributed by atoms with E-state index in [1.165, 1.54) is 17.7 Å². The van der Waals surface area contributed by atoms with E-state index in [9.17, 15) is 0 Å². The van der Waals surface area contributed by atoms with Crippen LogP contribution in [0.25, 0.3) is 0 Å². The maximum Gasteiger partial charge on any atom is 0.191 e. The van der Waals surface area contributed by atoms with E-state index in [-0.39, 0.29) is 6.04 Å². The van der Waals surface area contributed by atoms with Gasteiger partial charge in [0.15, 0.2) is 5.96 Å². The third-order valence-corrected chi connectivity index (χ3v) is 5.91. The predicted octanol–water partition coefficient (Wildman–Crippen LogP) is 3.16. The van der Waals surface area contributed by atoms with Gasteiger partial charge in [-0.15, -0.1) is 11.3 Å². The summed E-state index contributed by atoms with van der Waals surface area (Å²) in [7, 11) is 1.80. The number of aliphatic imine (C=N–C) groups is 1. The summed E-state index contributed by atoms with van der Waals surface area (Å²) < 4.78 is 5.92. The molecule has 3 rings (SSSR count). The molecule has 142 valence electrons. The zero-order chi connectivity index (χ0) is 18.5. The largest absolute Gasteiger partial charge is 0.465 e. The lowest BCUT2D eigenvalue weighted by Gasteiger charge is -2.26. The molecular weight excluding hydrogens is 346 g/mol. The number of furan rings is 1. The van der Waals surface area contributed by atoms with Crippen molar-refractivity contribution in [2.75, 3.05) is 26.7 Å². The quantitative estimate of drug-likeness (QED) is 0.600. The fourth-order valence-corrected chi connectivity index (χ4v) is 4.16. The SMILES string of the molecule is CN=C(NCc1nc(C)c(C)s1)NCC(c1ccc(C)o1)N1CCCC1. The number of likely N-dealkylation sites (tertiary alicyclic amines) is 1. The molecule has 2 N–H and O–H groups in total. The van der Waals surface area contributed by atoms with Crippen LogP contribution in [-0.2, 0) is 6.54 Å². The molecule has 1 fully saturated rings. The van der Waals surface area contributed by atoms with Crippen LogP contribution in [0.15, 0.2) is 21.5 Å². The summed E-state index contributed by atoms with van der Waals surface area (Å²) in [5.74, 6) is 2.78. The Kier molecular flexibility index (Phi) is 6.32. The van der Waals surface area contributed by atoms with E-state index in [0.29, 0.717) is 6.54 Å². The Morgan fingerprint density at radius 1 is 1.27 bits per heavy atom. The third kappa shape index (κ3) is 4.65. The standard InChI is InChI=1S/C19H29N5OS/c1-13-7-8-17(25-13)16(24-9-5-6-10-24)11-21-19(20-4)22-12-18-23-14(2)15(3)26-18/h7-8,16H,5-6,9-12H2,1-4H3,(H2,20,21,22). The minimum Gasteiger partial charge on any atom is -0.465 e. The number of nitrogens with one attached hydrogen (secondary N) is 2. The van der Waals surface area contributed by atoms with Gasteiger partial charge in [-0.25, -0.2) is 4.98 Å². The number of hydrogen-bond donors (Lipinski definition) is 2. The van der Waals surface area contributed by atoms with Crippen molar-refractivity contribution < 1.29 is 4.42 Å². The molecule has 1 saturated heterocycles. The van der Waals surface area contributed by atoms with Crippen LogP contribution in [0.1, 0.15) is 46.0 Å². The Bertz CT molecular complexity index is 725. The molecule has 2 aromatic heterocycles. The zero-order valence-corrected chi connectivity index (χ0v) is 16.9. The Balaban J connectivity index is 1.59. The van der Waals surface area contributed by atoms with Crippen molar-refractivity contribution in [2.24, 2.45) is 4.99 Å². The topological polar surface area (TPSA) is 65.7 Å². The lowest BCUT2D eigenvalue weighted by Crippen LogP contribution is -2.42. The molecule has 1 aliphatic rings. The summed E-state index contributed by atoms with van der Waals surface area (Å²) in [5, 5.41) is 7.91. The highest BCUT2D eigenvalue weighted by Gasteiger charge is 2.26. The zero-order valence-electron chi connectivity index (χ0n) is 16.1. The van der Waals surface area contributed by atoms with Crippen LogP contribution in [0.4, 0.5) is 0 Å². The Hall–Kier alpha value is -1.86. The van der Waals surface area contributed by atoms with E-state index in [1.54, 1.807) is 18.4 Å². The summed E-state index contributed by atoms with van der Waals surface area (Å²) in [5.41, 5.74) is 1.11. The van der Waals surface area contributed by atoms with Crippen molar-refractivity contribution in [3.8, 4) is 0 Å². The van der Waals surface area contributed by atoms with Gasteiger partial charge in [-0.3, -0.25) is 9.89 Å². The number of nitrogens with zero attached hydrogens (tertiary/aromatic N) is 3. The third-order valence-electron chi connectivity index (χ3n) is 4.84. The van der Waals surface area contributed by atoms with Crippen molar-refractivity contribution in [3.63, 3.8) is 0 Å². The van der Waals surface area contributed by atoms with Gasteiger partial charge >= 0.3 is 0 Å². The van der Waals surface area contributed by atoms with E-state index in [0.717, 1.165) is 47.8 Å². The Morgan fingerprint density at radius 2 is 2.04 bits per heavy atom.